The second-order valence-corrected chi connectivity index (χ2v) is 4.01. The summed E-state index contributed by atoms with van der Waals surface area (Å²) in [7, 11) is 0. The lowest BCUT2D eigenvalue weighted by molar-refractivity contribution is -0.116. The summed E-state index contributed by atoms with van der Waals surface area (Å²) < 4.78 is 0. The van der Waals surface area contributed by atoms with E-state index >= 15 is 0 Å². The number of hydrogen-bond acceptors (Lipinski definition) is 5. The van der Waals surface area contributed by atoms with Crippen molar-refractivity contribution in [3.05, 3.63) is 40.3 Å². The van der Waals surface area contributed by atoms with Crippen LogP contribution in [0.1, 0.15) is 12.5 Å². The summed E-state index contributed by atoms with van der Waals surface area (Å²) in [5.41, 5.74) is 1.08. The van der Waals surface area contributed by atoms with Gasteiger partial charge in [0, 0.05) is 12.5 Å². The van der Waals surface area contributed by atoms with Crippen molar-refractivity contribution in [2.24, 2.45) is 5.84 Å². The standard InChI is InChI=1S/C12H13N5O2/c1-7-5-3-4-6-9(7)10-14-11(16-12(19)15-10)17(13)8(2)18/h3-6H,13H2,1-2H3,(H,14,15,16,19). The smallest absolute Gasteiger partial charge is 0.290 e. The summed E-state index contributed by atoms with van der Waals surface area (Å²) in [6.45, 7) is 3.15. The number of hydrazine groups is 1. The molecule has 1 aromatic heterocycles. The number of nitrogens with one attached hydrogen (secondary N) is 1. The van der Waals surface area contributed by atoms with Crippen LogP contribution in [-0.2, 0) is 4.79 Å². The second kappa shape index (κ2) is 4.99. The Morgan fingerprint density at radius 2 is 2.00 bits per heavy atom. The van der Waals surface area contributed by atoms with Crippen molar-refractivity contribution in [3.63, 3.8) is 0 Å². The normalized spacial score (nSPS) is 10.3. The Balaban J connectivity index is 2.57. The van der Waals surface area contributed by atoms with Gasteiger partial charge in [0.25, 0.3) is 5.95 Å². The van der Waals surface area contributed by atoms with Crippen molar-refractivity contribution < 1.29 is 4.79 Å². The van der Waals surface area contributed by atoms with Gasteiger partial charge in [0.1, 0.15) is 5.82 Å². The molecule has 0 atom stereocenters. The van der Waals surface area contributed by atoms with Gasteiger partial charge in [-0.3, -0.25) is 9.78 Å². The zero-order valence-electron chi connectivity index (χ0n) is 10.5. The van der Waals surface area contributed by atoms with E-state index < -0.39 is 11.6 Å². The molecule has 0 unspecified atom stereocenters. The fraction of sp³-hybridized carbons (Fsp3) is 0.167. The number of aryl methyl sites for hydroxylation is 1. The van der Waals surface area contributed by atoms with Gasteiger partial charge >= 0.3 is 5.69 Å². The molecule has 0 saturated carbocycles. The maximum Gasteiger partial charge on any atom is 0.349 e. The van der Waals surface area contributed by atoms with E-state index in [0.29, 0.717) is 5.82 Å². The molecule has 0 radical (unpaired) electrons. The molecule has 7 nitrogen and oxygen atoms in total. The van der Waals surface area contributed by atoms with Crippen molar-refractivity contribution in [1.29, 1.82) is 0 Å². The van der Waals surface area contributed by atoms with Crippen LogP contribution in [0, 0.1) is 6.92 Å². The molecule has 19 heavy (non-hydrogen) atoms. The zero-order chi connectivity index (χ0) is 14.0. The summed E-state index contributed by atoms with van der Waals surface area (Å²) >= 11 is 0. The fourth-order valence-electron chi connectivity index (χ4n) is 1.59. The molecule has 0 spiro atoms. The topological polar surface area (TPSA) is 105 Å². The van der Waals surface area contributed by atoms with Gasteiger partial charge in [-0.2, -0.15) is 9.97 Å². The number of carbonyl (C=O) groups excluding carboxylic acids is 1. The first-order valence-corrected chi connectivity index (χ1v) is 5.59. The van der Waals surface area contributed by atoms with Gasteiger partial charge in [0.15, 0.2) is 0 Å². The van der Waals surface area contributed by atoms with Crippen molar-refractivity contribution in [1.82, 2.24) is 15.0 Å². The summed E-state index contributed by atoms with van der Waals surface area (Å²) in [4.78, 5) is 32.9. The molecule has 2 rings (SSSR count). The highest BCUT2D eigenvalue weighted by Crippen LogP contribution is 2.18. The van der Waals surface area contributed by atoms with Crippen LogP contribution < -0.4 is 16.5 Å². The number of aromatic nitrogens is 3. The number of nitrogens with zero attached hydrogens (tertiary/aromatic N) is 3. The molecule has 0 bridgehead atoms. The molecule has 98 valence electrons. The monoisotopic (exact) mass is 259 g/mol. The molecule has 0 fully saturated rings. The molecule has 0 aliphatic rings. The Labute approximate surface area is 109 Å². The van der Waals surface area contributed by atoms with Crippen LogP contribution in [0.5, 0.6) is 0 Å². The zero-order valence-corrected chi connectivity index (χ0v) is 10.5. The number of H-pyrrole nitrogens is 1. The van der Waals surface area contributed by atoms with E-state index in [9.17, 15) is 9.59 Å². The first-order valence-electron chi connectivity index (χ1n) is 5.59. The molecule has 0 aliphatic carbocycles. The SMILES string of the molecule is CC(=O)N(N)c1nc(-c2ccccc2C)[nH]c(=O)n1. The Hall–Kier alpha value is -2.54. The van der Waals surface area contributed by atoms with E-state index in [4.69, 9.17) is 5.84 Å². The summed E-state index contributed by atoms with van der Waals surface area (Å²) in [5, 5.41) is 0.733. The van der Waals surface area contributed by atoms with Crippen molar-refractivity contribution in [2.75, 3.05) is 5.01 Å². The highest BCUT2D eigenvalue weighted by molar-refractivity contribution is 5.88. The minimum atomic E-state index is -0.611. The third-order valence-corrected chi connectivity index (χ3v) is 2.59. The highest BCUT2D eigenvalue weighted by Gasteiger charge is 2.13. The Kier molecular flexibility index (Phi) is 3.39. The minimum Gasteiger partial charge on any atom is -0.290 e. The van der Waals surface area contributed by atoms with Gasteiger partial charge in [-0.25, -0.2) is 15.6 Å². The third-order valence-electron chi connectivity index (χ3n) is 2.59. The van der Waals surface area contributed by atoms with Crippen molar-refractivity contribution in [3.8, 4) is 11.4 Å². The van der Waals surface area contributed by atoms with E-state index in [1.54, 1.807) is 0 Å². The first-order chi connectivity index (χ1) is 8.99. The summed E-state index contributed by atoms with van der Waals surface area (Å²) in [6.07, 6.45) is 0. The average molecular weight is 259 g/mol. The van der Waals surface area contributed by atoms with Crippen LogP contribution in [0.25, 0.3) is 11.4 Å². The molecule has 2 aromatic rings. The maximum atomic E-state index is 11.5. The lowest BCUT2D eigenvalue weighted by atomic mass is 10.1. The Morgan fingerprint density at radius 1 is 1.32 bits per heavy atom. The molecule has 3 N–H and O–H groups in total. The molecular formula is C12H13N5O2. The van der Waals surface area contributed by atoms with Crippen LogP contribution in [0.15, 0.2) is 29.1 Å². The number of benzene rings is 1. The van der Waals surface area contributed by atoms with E-state index in [1.807, 2.05) is 31.2 Å². The van der Waals surface area contributed by atoms with Gasteiger partial charge in [0.05, 0.1) is 0 Å². The average Bonchev–Trinajstić information content (AvgIpc) is 2.37. The highest BCUT2D eigenvalue weighted by atomic mass is 16.2. The molecular weight excluding hydrogens is 246 g/mol. The number of rotatable bonds is 2. The maximum absolute atomic E-state index is 11.5. The molecule has 1 heterocycles. The van der Waals surface area contributed by atoms with Gasteiger partial charge in [-0.15, -0.1) is 0 Å². The Bertz CT molecular complexity index is 680. The van der Waals surface area contributed by atoms with E-state index in [1.165, 1.54) is 6.92 Å². The molecule has 0 saturated heterocycles. The summed E-state index contributed by atoms with van der Waals surface area (Å²) in [6, 6.07) is 7.41. The number of aromatic amines is 1. The van der Waals surface area contributed by atoms with Gasteiger partial charge in [-0.05, 0) is 12.5 Å². The van der Waals surface area contributed by atoms with Gasteiger partial charge in [0.2, 0.25) is 5.91 Å². The largest absolute Gasteiger partial charge is 0.349 e. The third kappa shape index (κ3) is 2.66. The number of amides is 1. The van der Waals surface area contributed by atoms with E-state index in [-0.39, 0.29) is 5.95 Å². The molecule has 1 amide bonds. The van der Waals surface area contributed by atoms with Crippen LogP contribution in [-0.4, -0.2) is 20.9 Å². The quantitative estimate of drug-likeness (QED) is 0.460. The van der Waals surface area contributed by atoms with Crippen LogP contribution >= 0.6 is 0 Å². The summed E-state index contributed by atoms with van der Waals surface area (Å²) in [5.74, 6) is 5.23. The number of anilines is 1. The van der Waals surface area contributed by atoms with Gasteiger partial charge in [-0.1, -0.05) is 24.3 Å². The fourth-order valence-corrected chi connectivity index (χ4v) is 1.59. The van der Waals surface area contributed by atoms with Crippen molar-refractivity contribution in [2.45, 2.75) is 13.8 Å². The Morgan fingerprint density at radius 3 is 2.63 bits per heavy atom. The molecule has 7 heteroatoms. The van der Waals surface area contributed by atoms with Crippen LogP contribution in [0.3, 0.4) is 0 Å². The van der Waals surface area contributed by atoms with E-state index in [2.05, 4.69) is 15.0 Å². The lowest BCUT2D eigenvalue weighted by Gasteiger charge is -2.12. The predicted octanol–water partition coefficient (Wildman–Crippen LogP) is 0.367. The molecule has 1 aromatic carbocycles. The molecule has 0 aliphatic heterocycles. The van der Waals surface area contributed by atoms with E-state index in [0.717, 1.165) is 16.1 Å². The first kappa shape index (κ1) is 12.9. The number of nitrogens with two attached hydrogens (primary N) is 1. The lowest BCUT2D eigenvalue weighted by Crippen LogP contribution is -2.38. The van der Waals surface area contributed by atoms with Crippen LogP contribution in [0.2, 0.25) is 0 Å². The van der Waals surface area contributed by atoms with Crippen molar-refractivity contribution >= 4 is 11.9 Å². The number of hydrogen-bond donors (Lipinski definition) is 2. The predicted molar refractivity (Wildman–Crippen MR) is 70.2 cm³/mol. The number of carbonyl (C=O) groups is 1. The van der Waals surface area contributed by atoms with Gasteiger partial charge < -0.3 is 0 Å². The second-order valence-electron chi connectivity index (χ2n) is 4.01. The van der Waals surface area contributed by atoms with Crippen LogP contribution in [0.4, 0.5) is 5.95 Å². The minimum absolute atomic E-state index is 0.130.